The summed E-state index contributed by atoms with van der Waals surface area (Å²) in [6.07, 6.45) is 2.23. The van der Waals surface area contributed by atoms with Crippen LogP contribution in [0.1, 0.15) is 27.2 Å². The maximum absolute atomic E-state index is 6.19. The van der Waals surface area contributed by atoms with Gasteiger partial charge >= 0.3 is 0 Å². The largest absolute Gasteiger partial charge is 0.372 e. The Kier molecular flexibility index (Phi) is 3.97. The highest BCUT2D eigenvalue weighted by Gasteiger charge is 2.34. The van der Waals surface area contributed by atoms with E-state index < -0.39 is 0 Å². The summed E-state index contributed by atoms with van der Waals surface area (Å²) in [6.45, 7) is 8.92. The quantitative estimate of drug-likeness (QED) is 0.801. The van der Waals surface area contributed by atoms with Crippen molar-refractivity contribution in [3.05, 3.63) is 0 Å². The molecule has 88 valence electrons. The summed E-state index contributed by atoms with van der Waals surface area (Å²) in [4.78, 5) is 0. The molecule has 0 aliphatic carbocycles. The summed E-state index contributed by atoms with van der Waals surface area (Å²) >= 11 is 2.11. The van der Waals surface area contributed by atoms with E-state index in [1.165, 1.54) is 12.2 Å². The normalized spacial score (nSPS) is 38.8. The molecule has 4 atom stereocenters. The van der Waals surface area contributed by atoms with Crippen LogP contribution >= 0.6 is 11.8 Å². The van der Waals surface area contributed by atoms with Crippen LogP contribution in [0.3, 0.4) is 0 Å². The molecular formula is C12H23NOS. The minimum absolute atomic E-state index is 0.413. The number of rotatable bonds is 3. The highest BCUT2D eigenvalue weighted by atomic mass is 32.2. The van der Waals surface area contributed by atoms with Gasteiger partial charge in [-0.1, -0.05) is 20.8 Å². The molecule has 0 aromatic rings. The highest BCUT2D eigenvalue weighted by Crippen LogP contribution is 2.36. The fourth-order valence-corrected chi connectivity index (χ4v) is 3.29. The number of ether oxygens (including phenoxy) is 1. The van der Waals surface area contributed by atoms with E-state index in [2.05, 4.69) is 37.8 Å². The van der Waals surface area contributed by atoms with Crippen LogP contribution in [-0.4, -0.2) is 36.3 Å². The second-order valence-corrected chi connectivity index (χ2v) is 6.52. The Morgan fingerprint density at radius 1 is 1.20 bits per heavy atom. The van der Waals surface area contributed by atoms with Gasteiger partial charge in [-0.2, -0.15) is 11.8 Å². The zero-order valence-corrected chi connectivity index (χ0v) is 10.8. The maximum Gasteiger partial charge on any atom is 0.0740 e. The van der Waals surface area contributed by atoms with Crippen molar-refractivity contribution in [1.29, 1.82) is 0 Å². The van der Waals surface area contributed by atoms with E-state index in [0.717, 1.165) is 18.3 Å². The number of morpholine rings is 1. The second-order valence-electron chi connectivity index (χ2n) is 5.17. The van der Waals surface area contributed by atoms with Crippen LogP contribution in [0, 0.1) is 11.8 Å². The Balaban J connectivity index is 1.85. The van der Waals surface area contributed by atoms with Crippen molar-refractivity contribution in [3.8, 4) is 0 Å². The summed E-state index contributed by atoms with van der Waals surface area (Å²) in [5.41, 5.74) is 0. The van der Waals surface area contributed by atoms with E-state index in [1.807, 2.05) is 0 Å². The van der Waals surface area contributed by atoms with Crippen molar-refractivity contribution >= 4 is 11.8 Å². The van der Waals surface area contributed by atoms with Gasteiger partial charge < -0.3 is 10.1 Å². The van der Waals surface area contributed by atoms with E-state index in [-0.39, 0.29) is 0 Å². The van der Waals surface area contributed by atoms with E-state index in [0.29, 0.717) is 24.0 Å². The Labute approximate surface area is 97.5 Å². The monoisotopic (exact) mass is 229 g/mol. The molecular weight excluding hydrogens is 206 g/mol. The molecule has 0 bridgehead atoms. The van der Waals surface area contributed by atoms with Crippen molar-refractivity contribution in [3.63, 3.8) is 0 Å². The first-order valence-corrected chi connectivity index (χ1v) is 7.21. The molecule has 0 amide bonds. The molecule has 2 aliphatic rings. The Hall–Kier alpha value is 0.270. The van der Waals surface area contributed by atoms with Gasteiger partial charge in [-0.05, 0) is 24.0 Å². The molecule has 2 nitrogen and oxygen atoms in total. The van der Waals surface area contributed by atoms with Crippen molar-refractivity contribution in [2.45, 2.75) is 44.6 Å². The molecule has 0 saturated carbocycles. The first-order chi connectivity index (χ1) is 7.18. The molecule has 2 saturated heterocycles. The van der Waals surface area contributed by atoms with Crippen molar-refractivity contribution in [1.82, 2.24) is 5.32 Å². The predicted octanol–water partition coefficient (Wildman–Crippen LogP) is 2.14. The summed E-state index contributed by atoms with van der Waals surface area (Å²) < 4.78 is 6.19. The lowest BCUT2D eigenvalue weighted by molar-refractivity contribution is -0.0812. The van der Waals surface area contributed by atoms with Crippen LogP contribution in [-0.2, 0) is 4.74 Å². The zero-order valence-electron chi connectivity index (χ0n) is 10.0. The van der Waals surface area contributed by atoms with Gasteiger partial charge in [0.2, 0.25) is 0 Å². The van der Waals surface area contributed by atoms with Crippen LogP contribution in [0.25, 0.3) is 0 Å². The van der Waals surface area contributed by atoms with Gasteiger partial charge in [0.15, 0.2) is 0 Å². The third kappa shape index (κ3) is 2.69. The molecule has 1 N–H and O–H groups in total. The number of hydrogen-bond acceptors (Lipinski definition) is 3. The molecule has 0 spiro atoms. The molecule has 2 fully saturated rings. The third-order valence-corrected chi connectivity index (χ3v) is 5.26. The van der Waals surface area contributed by atoms with Gasteiger partial charge in [0.1, 0.15) is 0 Å². The molecule has 3 heteroatoms. The van der Waals surface area contributed by atoms with Crippen LogP contribution in [0.2, 0.25) is 0 Å². The summed E-state index contributed by atoms with van der Waals surface area (Å²) in [7, 11) is 0. The molecule has 2 aliphatic heterocycles. The van der Waals surface area contributed by atoms with Gasteiger partial charge in [-0.3, -0.25) is 0 Å². The van der Waals surface area contributed by atoms with Crippen molar-refractivity contribution in [2.75, 3.05) is 18.8 Å². The summed E-state index contributed by atoms with van der Waals surface area (Å²) in [5, 5.41) is 4.37. The summed E-state index contributed by atoms with van der Waals surface area (Å²) in [6, 6.07) is 0. The number of thioether (sulfide) groups is 1. The standard InChI is InChI=1S/C12H23NOS/c1-8(2)10-6-13-7-11(14-10)9(3)12-4-5-15-12/h8-13H,4-7H2,1-3H3. The van der Waals surface area contributed by atoms with Gasteiger partial charge in [0, 0.05) is 18.3 Å². The van der Waals surface area contributed by atoms with Crippen molar-refractivity contribution in [2.24, 2.45) is 11.8 Å². The Morgan fingerprint density at radius 3 is 2.40 bits per heavy atom. The molecule has 0 aromatic heterocycles. The number of nitrogens with one attached hydrogen (secondary N) is 1. The first kappa shape index (κ1) is 11.7. The molecule has 0 aromatic carbocycles. The van der Waals surface area contributed by atoms with E-state index >= 15 is 0 Å². The SMILES string of the molecule is CC(C)C1CNCC(C(C)C2CCS2)O1. The third-order valence-electron chi connectivity index (χ3n) is 3.69. The van der Waals surface area contributed by atoms with Crippen LogP contribution in [0.5, 0.6) is 0 Å². The molecule has 0 radical (unpaired) electrons. The minimum atomic E-state index is 0.413. The van der Waals surface area contributed by atoms with Crippen LogP contribution < -0.4 is 5.32 Å². The minimum Gasteiger partial charge on any atom is -0.372 e. The van der Waals surface area contributed by atoms with Gasteiger partial charge in [-0.15, -0.1) is 0 Å². The first-order valence-electron chi connectivity index (χ1n) is 6.16. The molecule has 15 heavy (non-hydrogen) atoms. The van der Waals surface area contributed by atoms with Crippen molar-refractivity contribution < 1.29 is 4.74 Å². The van der Waals surface area contributed by atoms with Gasteiger partial charge in [0.05, 0.1) is 12.2 Å². The lowest BCUT2D eigenvalue weighted by atomic mass is 9.95. The van der Waals surface area contributed by atoms with E-state index in [9.17, 15) is 0 Å². The van der Waals surface area contributed by atoms with E-state index in [1.54, 1.807) is 0 Å². The fraction of sp³-hybridized carbons (Fsp3) is 1.00. The van der Waals surface area contributed by atoms with Crippen LogP contribution in [0.4, 0.5) is 0 Å². The Morgan fingerprint density at radius 2 is 1.87 bits per heavy atom. The van der Waals surface area contributed by atoms with Gasteiger partial charge in [0.25, 0.3) is 0 Å². The summed E-state index contributed by atoms with van der Waals surface area (Å²) in [5.74, 6) is 2.68. The smallest absolute Gasteiger partial charge is 0.0740 e. The average Bonchev–Trinajstić information content (AvgIpc) is 2.15. The maximum atomic E-state index is 6.19. The highest BCUT2D eigenvalue weighted by molar-refractivity contribution is 8.01. The lowest BCUT2D eigenvalue weighted by Crippen LogP contribution is -2.51. The molecule has 4 unspecified atom stereocenters. The fourth-order valence-electron chi connectivity index (χ4n) is 2.30. The Bertz CT molecular complexity index is 206. The topological polar surface area (TPSA) is 21.3 Å². The van der Waals surface area contributed by atoms with Crippen LogP contribution in [0.15, 0.2) is 0 Å². The van der Waals surface area contributed by atoms with Gasteiger partial charge in [-0.25, -0.2) is 0 Å². The predicted molar refractivity (Wildman–Crippen MR) is 66.4 cm³/mol. The molecule has 2 rings (SSSR count). The second kappa shape index (κ2) is 5.07. The number of hydrogen-bond donors (Lipinski definition) is 1. The average molecular weight is 229 g/mol. The van der Waals surface area contributed by atoms with E-state index in [4.69, 9.17) is 4.74 Å². The zero-order chi connectivity index (χ0) is 10.8. The lowest BCUT2D eigenvalue weighted by Gasteiger charge is -2.41. The molecule has 2 heterocycles.